The number of nitrogens with zero attached hydrogens (tertiary/aromatic N) is 1. The maximum atomic E-state index is 13.1. The van der Waals surface area contributed by atoms with Crippen molar-refractivity contribution in [2.24, 2.45) is 5.16 Å². The number of thioether (sulfide) groups is 1. The minimum Gasteiger partial charge on any atom is -0.410 e. The number of benzene rings is 2. The molecule has 0 unspecified atom stereocenters. The quantitative estimate of drug-likeness (QED) is 0.468. The van der Waals surface area contributed by atoms with Gasteiger partial charge in [0, 0.05) is 20.7 Å². The Morgan fingerprint density at radius 3 is 2.62 bits per heavy atom. The van der Waals surface area contributed by atoms with Gasteiger partial charge in [-0.05, 0) is 30.7 Å². The topological polar surface area (TPSA) is 49.7 Å². The van der Waals surface area contributed by atoms with Crippen LogP contribution in [0.2, 0.25) is 5.02 Å². The van der Waals surface area contributed by atoms with Crippen molar-refractivity contribution in [1.82, 2.24) is 0 Å². The van der Waals surface area contributed by atoms with E-state index in [1.54, 1.807) is 18.2 Å². The predicted molar refractivity (Wildman–Crippen MR) is 101 cm³/mol. The van der Waals surface area contributed by atoms with Crippen molar-refractivity contribution in [3.05, 3.63) is 74.4 Å². The van der Waals surface area contributed by atoms with Crippen LogP contribution in [0.4, 0.5) is 0 Å². The lowest BCUT2D eigenvalue weighted by Gasteiger charge is -2.11. The van der Waals surface area contributed by atoms with Gasteiger partial charge in [0.05, 0.1) is 10.1 Å². The minimum absolute atomic E-state index is 0.0212. The molecule has 0 radical (unpaired) electrons. The summed E-state index contributed by atoms with van der Waals surface area (Å²) >= 11 is 8.92. The summed E-state index contributed by atoms with van der Waals surface area (Å²) in [6.45, 7) is 2.01. The molecule has 0 amide bonds. The SMILES string of the molecule is Cc1ccc([C@H]2/C(=N/O)Sc3sc4cc(Cl)ccc4c(=O)c32)cc1. The fraction of sp³-hybridized carbons (Fsp3) is 0.111. The third kappa shape index (κ3) is 2.44. The van der Waals surface area contributed by atoms with E-state index in [4.69, 9.17) is 11.6 Å². The van der Waals surface area contributed by atoms with Gasteiger partial charge in [0.2, 0.25) is 0 Å². The first kappa shape index (κ1) is 15.7. The maximum Gasteiger partial charge on any atom is 0.193 e. The summed E-state index contributed by atoms with van der Waals surface area (Å²) in [5.41, 5.74) is 2.77. The van der Waals surface area contributed by atoms with Gasteiger partial charge < -0.3 is 5.21 Å². The van der Waals surface area contributed by atoms with Gasteiger partial charge in [-0.1, -0.05) is 58.3 Å². The molecule has 0 bridgehead atoms. The molecule has 0 saturated carbocycles. The minimum atomic E-state index is -0.320. The van der Waals surface area contributed by atoms with Crippen LogP contribution in [0.3, 0.4) is 0 Å². The zero-order valence-corrected chi connectivity index (χ0v) is 15.0. The van der Waals surface area contributed by atoms with Gasteiger partial charge in [0.1, 0.15) is 5.04 Å². The van der Waals surface area contributed by atoms with E-state index in [2.05, 4.69) is 5.16 Å². The van der Waals surface area contributed by atoms with E-state index in [1.807, 2.05) is 31.2 Å². The summed E-state index contributed by atoms with van der Waals surface area (Å²) in [4.78, 5) is 13.1. The molecule has 4 rings (SSSR count). The fourth-order valence-corrected chi connectivity index (χ4v) is 5.74. The maximum absolute atomic E-state index is 13.1. The highest BCUT2D eigenvalue weighted by Gasteiger charge is 2.35. The second-order valence-corrected chi connectivity index (χ2v) is 8.43. The van der Waals surface area contributed by atoms with Gasteiger partial charge in [0.25, 0.3) is 0 Å². The molecule has 120 valence electrons. The zero-order valence-electron chi connectivity index (χ0n) is 12.6. The van der Waals surface area contributed by atoms with Gasteiger partial charge in [0.15, 0.2) is 5.43 Å². The van der Waals surface area contributed by atoms with Gasteiger partial charge in [-0.3, -0.25) is 4.79 Å². The van der Waals surface area contributed by atoms with Gasteiger partial charge in [-0.25, -0.2) is 0 Å². The molecular weight excluding hydrogens is 362 g/mol. The van der Waals surface area contributed by atoms with Crippen LogP contribution in [-0.2, 0) is 0 Å². The normalized spacial score (nSPS) is 18.2. The van der Waals surface area contributed by atoms with Crippen LogP contribution in [0.25, 0.3) is 10.1 Å². The van der Waals surface area contributed by atoms with Crippen molar-refractivity contribution in [3.63, 3.8) is 0 Å². The molecule has 6 heteroatoms. The molecule has 0 saturated heterocycles. The monoisotopic (exact) mass is 373 g/mol. The Balaban J connectivity index is 2.00. The number of fused-ring (bicyclic) bond motifs is 2. The second-order valence-electron chi connectivity index (χ2n) is 5.66. The van der Waals surface area contributed by atoms with E-state index < -0.39 is 0 Å². The molecule has 0 fully saturated rings. The summed E-state index contributed by atoms with van der Waals surface area (Å²) < 4.78 is 1.72. The van der Waals surface area contributed by atoms with Gasteiger partial charge >= 0.3 is 0 Å². The molecular formula is C18H12ClNO2S2. The van der Waals surface area contributed by atoms with Crippen molar-refractivity contribution in [2.75, 3.05) is 0 Å². The van der Waals surface area contributed by atoms with Crippen LogP contribution in [0.1, 0.15) is 22.6 Å². The van der Waals surface area contributed by atoms with E-state index in [-0.39, 0.29) is 11.3 Å². The van der Waals surface area contributed by atoms with E-state index >= 15 is 0 Å². The largest absolute Gasteiger partial charge is 0.410 e. The Morgan fingerprint density at radius 1 is 1.17 bits per heavy atom. The summed E-state index contributed by atoms with van der Waals surface area (Å²) in [6.07, 6.45) is 0. The molecule has 1 aromatic heterocycles. The van der Waals surface area contributed by atoms with Crippen molar-refractivity contribution in [1.29, 1.82) is 0 Å². The smallest absolute Gasteiger partial charge is 0.193 e. The lowest BCUT2D eigenvalue weighted by molar-refractivity contribution is 0.319. The third-order valence-corrected chi connectivity index (χ3v) is 6.73. The second kappa shape index (κ2) is 5.92. The molecule has 24 heavy (non-hydrogen) atoms. The van der Waals surface area contributed by atoms with Crippen molar-refractivity contribution in [3.8, 4) is 0 Å². The Morgan fingerprint density at radius 2 is 1.92 bits per heavy atom. The number of halogens is 1. The molecule has 0 aliphatic carbocycles. The Kier molecular flexibility index (Phi) is 3.87. The predicted octanol–water partition coefficient (Wildman–Crippen LogP) is 5.25. The first-order valence-corrected chi connectivity index (χ1v) is 9.32. The molecule has 1 atom stereocenters. The van der Waals surface area contributed by atoms with Gasteiger partial charge in [-0.2, -0.15) is 0 Å². The zero-order chi connectivity index (χ0) is 16.8. The molecule has 1 N–H and O–H groups in total. The number of oxime groups is 1. The standard InChI is InChI=1S/C18H12ClNO2S2/c1-9-2-4-10(5-3-9)14-15-16(21)12-7-6-11(19)8-13(12)23-18(15)24-17(14)20-22/h2-8,14,22H,1H3/b20-17-/t14-/m1/s1. The Bertz CT molecular complexity index is 1040. The lowest BCUT2D eigenvalue weighted by atomic mass is 9.92. The van der Waals surface area contributed by atoms with Crippen LogP contribution < -0.4 is 5.43 Å². The van der Waals surface area contributed by atoms with Gasteiger partial charge in [-0.15, -0.1) is 11.3 Å². The highest BCUT2D eigenvalue weighted by atomic mass is 35.5. The van der Waals surface area contributed by atoms with Crippen molar-refractivity contribution >= 4 is 49.8 Å². The highest BCUT2D eigenvalue weighted by Crippen LogP contribution is 2.47. The average molecular weight is 374 g/mol. The van der Waals surface area contributed by atoms with E-state index in [1.165, 1.54) is 23.1 Å². The van der Waals surface area contributed by atoms with E-state index in [9.17, 15) is 10.0 Å². The number of aryl methyl sites for hydroxylation is 1. The van der Waals surface area contributed by atoms with Crippen LogP contribution >= 0.6 is 34.7 Å². The highest BCUT2D eigenvalue weighted by molar-refractivity contribution is 8.16. The van der Waals surface area contributed by atoms with Crippen molar-refractivity contribution in [2.45, 2.75) is 17.1 Å². The van der Waals surface area contributed by atoms with Crippen LogP contribution in [0.5, 0.6) is 0 Å². The summed E-state index contributed by atoms with van der Waals surface area (Å²) in [7, 11) is 0. The van der Waals surface area contributed by atoms with E-state index in [0.29, 0.717) is 21.0 Å². The molecule has 1 aliphatic rings. The first-order chi connectivity index (χ1) is 11.6. The number of rotatable bonds is 1. The van der Waals surface area contributed by atoms with Crippen LogP contribution in [-0.4, -0.2) is 10.3 Å². The molecule has 2 heterocycles. The molecule has 3 aromatic rings. The lowest BCUT2D eigenvalue weighted by Crippen LogP contribution is -2.15. The summed E-state index contributed by atoms with van der Waals surface area (Å²) in [6, 6.07) is 13.3. The fourth-order valence-electron chi connectivity index (χ4n) is 2.91. The number of hydrogen-bond donors (Lipinski definition) is 1. The molecule has 0 spiro atoms. The summed E-state index contributed by atoms with van der Waals surface area (Å²) in [5.74, 6) is -0.320. The molecule has 1 aliphatic heterocycles. The first-order valence-electron chi connectivity index (χ1n) is 7.31. The van der Waals surface area contributed by atoms with Crippen molar-refractivity contribution < 1.29 is 5.21 Å². The van der Waals surface area contributed by atoms with Crippen LogP contribution in [0, 0.1) is 6.92 Å². The van der Waals surface area contributed by atoms with Crippen LogP contribution in [0.15, 0.2) is 56.6 Å². The average Bonchev–Trinajstić information content (AvgIpc) is 2.94. The Labute approximate surface area is 151 Å². The summed E-state index contributed by atoms with van der Waals surface area (Å²) in [5, 5.41) is 14.7. The molecule has 3 nitrogen and oxygen atoms in total. The molecule has 2 aromatic carbocycles. The van der Waals surface area contributed by atoms with E-state index in [0.717, 1.165) is 20.0 Å². The third-order valence-electron chi connectivity index (χ3n) is 4.10. The Hall–Kier alpha value is -1.82. The number of hydrogen-bond acceptors (Lipinski definition) is 5.